The third-order valence-corrected chi connectivity index (χ3v) is 2.87. The van der Waals surface area contributed by atoms with Crippen LogP contribution in [0.2, 0.25) is 0 Å². The molecule has 0 saturated carbocycles. The second-order valence-electron chi connectivity index (χ2n) is 3.94. The zero-order valence-corrected chi connectivity index (χ0v) is 9.22. The molecule has 3 aromatic rings. The first kappa shape index (κ1) is 10.1. The molecule has 0 saturated heterocycles. The lowest BCUT2D eigenvalue weighted by Crippen LogP contribution is -1.88. The number of hydrogen-bond donors (Lipinski definition) is 2. The summed E-state index contributed by atoms with van der Waals surface area (Å²) in [6.07, 6.45) is 1.76. The lowest BCUT2D eigenvalue weighted by Gasteiger charge is -2.04. The highest BCUT2D eigenvalue weighted by molar-refractivity contribution is 5.83. The molecular formula is C14H12N2O. The van der Waals surface area contributed by atoms with Crippen LogP contribution < -0.4 is 0 Å². The van der Waals surface area contributed by atoms with Crippen LogP contribution in [-0.2, 0) is 6.61 Å². The summed E-state index contributed by atoms with van der Waals surface area (Å²) in [6, 6.07) is 13.8. The van der Waals surface area contributed by atoms with Gasteiger partial charge in [-0.25, -0.2) is 4.98 Å². The third-order valence-electron chi connectivity index (χ3n) is 2.87. The minimum Gasteiger partial charge on any atom is -0.392 e. The van der Waals surface area contributed by atoms with Crippen molar-refractivity contribution >= 4 is 11.0 Å². The second kappa shape index (κ2) is 4.03. The van der Waals surface area contributed by atoms with Crippen LogP contribution in [0.3, 0.4) is 0 Å². The van der Waals surface area contributed by atoms with E-state index >= 15 is 0 Å². The van der Waals surface area contributed by atoms with Gasteiger partial charge in [0.2, 0.25) is 0 Å². The molecule has 17 heavy (non-hydrogen) atoms. The Hall–Kier alpha value is -2.13. The summed E-state index contributed by atoms with van der Waals surface area (Å²) in [6.45, 7) is 0.0406. The van der Waals surface area contributed by atoms with Crippen LogP contribution >= 0.6 is 0 Å². The highest BCUT2D eigenvalue weighted by Gasteiger charge is 2.07. The van der Waals surface area contributed by atoms with E-state index < -0.39 is 0 Å². The van der Waals surface area contributed by atoms with Gasteiger partial charge >= 0.3 is 0 Å². The molecular weight excluding hydrogens is 212 g/mol. The van der Waals surface area contributed by atoms with Crippen LogP contribution in [0.1, 0.15) is 5.56 Å². The molecule has 0 fully saturated rings. The van der Waals surface area contributed by atoms with Crippen LogP contribution in [0.15, 0.2) is 48.7 Å². The number of nitrogens with zero attached hydrogens (tertiary/aromatic N) is 1. The van der Waals surface area contributed by atoms with Crippen molar-refractivity contribution in [2.24, 2.45) is 0 Å². The molecule has 0 radical (unpaired) electrons. The predicted octanol–water partition coefficient (Wildman–Crippen LogP) is 2.72. The standard InChI is InChI=1S/C14H12N2O/c17-9-11-4-1-2-6-12(11)13-8-10-5-3-7-15-14(10)16-13/h1-8,17H,9H2,(H,15,16). The van der Waals surface area contributed by atoms with Gasteiger partial charge < -0.3 is 10.1 Å². The number of pyridine rings is 1. The van der Waals surface area contributed by atoms with Gasteiger partial charge in [0.15, 0.2) is 0 Å². The van der Waals surface area contributed by atoms with Gasteiger partial charge in [0.05, 0.1) is 6.61 Å². The van der Waals surface area contributed by atoms with E-state index in [1.807, 2.05) is 36.4 Å². The molecule has 0 aliphatic carbocycles. The van der Waals surface area contributed by atoms with Crippen molar-refractivity contribution in [2.45, 2.75) is 6.61 Å². The topological polar surface area (TPSA) is 48.9 Å². The lowest BCUT2D eigenvalue weighted by molar-refractivity contribution is 0.282. The van der Waals surface area contributed by atoms with Gasteiger partial charge in [-0.15, -0.1) is 0 Å². The predicted molar refractivity (Wildman–Crippen MR) is 67.5 cm³/mol. The number of aromatic amines is 1. The van der Waals surface area contributed by atoms with Gasteiger partial charge in [-0.05, 0) is 23.8 Å². The van der Waals surface area contributed by atoms with Gasteiger partial charge in [-0.3, -0.25) is 0 Å². The van der Waals surface area contributed by atoms with Crippen molar-refractivity contribution in [3.63, 3.8) is 0 Å². The second-order valence-corrected chi connectivity index (χ2v) is 3.94. The van der Waals surface area contributed by atoms with E-state index in [0.717, 1.165) is 27.9 Å². The van der Waals surface area contributed by atoms with Crippen molar-refractivity contribution in [3.05, 3.63) is 54.2 Å². The first-order valence-corrected chi connectivity index (χ1v) is 5.51. The highest BCUT2D eigenvalue weighted by atomic mass is 16.3. The largest absolute Gasteiger partial charge is 0.392 e. The zero-order chi connectivity index (χ0) is 11.7. The van der Waals surface area contributed by atoms with Crippen molar-refractivity contribution < 1.29 is 5.11 Å². The number of aliphatic hydroxyl groups excluding tert-OH is 1. The maximum atomic E-state index is 9.33. The fourth-order valence-electron chi connectivity index (χ4n) is 2.02. The number of fused-ring (bicyclic) bond motifs is 1. The summed E-state index contributed by atoms with van der Waals surface area (Å²) in [7, 11) is 0. The summed E-state index contributed by atoms with van der Waals surface area (Å²) in [4.78, 5) is 7.53. The van der Waals surface area contributed by atoms with Crippen LogP contribution in [0.25, 0.3) is 22.3 Å². The molecule has 0 aliphatic rings. The third kappa shape index (κ3) is 1.70. The molecule has 0 aliphatic heterocycles. The van der Waals surface area contributed by atoms with Crippen molar-refractivity contribution in [1.29, 1.82) is 0 Å². The molecule has 0 unspecified atom stereocenters. The van der Waals surface area contributed by atoms with E-state index in [-0.39, 0.29) is 6.61 Å². The maximum Gasteiger partial charge on any atom is 0.137 e. The fourth-order valence-corrected chi connectivity index (χ4v) is 2.02. The molecule has 0 spiro atoms. The first-order valence-electron chi connectivity index (χ1n) is 5.51. The Morgan fingerprint density at radius 1 is 1.12 bits per heavy atom. The maximum absolute atomic E-state index is 9.33. The summed E-state index contributed by atoms with van der Waals surface area (Å²) in [5.41, 5.74) is 3.80. The number of H-pyrrole nitrogens is 1. The molecule has 3 heteroatoms. The zero-order valence-electron chi connectivity index (χ0n) is 9.22. The number of nitrogens with one attached hydrogen (secondary N) is 1. The van der Waals surface area contributed by atoms with Gasteiger partial charge in [0.1, 0.15) is 5.65 Å². The van der Waals surface area contributed by atoms with Crippen LogP contribution in [0.5, 0.6) is 0 Å². The van der Waals surface area contributed by atoms with Crippen LogP contribution in [0, 0.1) is 0 Å². The molecule has 2 aromatic heterocycles. The van der Waals surface area contributed by atoms with E-state index in [2.05, 4.69) is 16.0 Å². The minimum absolute atomic E-state index is 0.0406. The summed E-state index contributed by atoms with van der Waals surface area (Å²) in [5, 5.41) is 10.4. The Bertz CT molecular complexity index is 625. The number of hydrogen-bond acceptors (Lipinski definition) is 2. The van der Waals surface area contributed by atoms with Gasteiger partial charge in [0, 0.05) is 22.8 Å². The average molecular weight is 224 g/mol. The molecule has 3 rings (SSSR count). The number of aliphatic hydroxyl groups is 1. The fraction of sp³-hybridized carbons (Fsp3) is 0.0714. The monoisotopic (exact) mass is 224 g/mol. The quantitative estimate of drug-likeness (QED) is 0.703. The number of aromatic nitrogens is 2. The molecule has 0 atom stereocenters. The van der Waals surface area contributed by atoms with Crippen molar-refractivity contribution in [1.82, 2.24) is 9.97 Å². The van der Waals surface area contributed by atoms with Crippen molar-refractivity contribution in [3.8, 4) is 11.3 Å². The normalized spacial score (nSPS) is 10.9. The Morgan fingerprint density at radius 3 is 2.82 bits per heavy atom. The molecule has 84 valence electrons. The molecule has 2 N–H and O–H groups in total. The van der Waals surface area contributed by atoms with Crippen LogP contribution in [0.4, 0.5) is 0 Å². The van der Waals surface area contributed by atoms with E-state index in [1.54, 1.807) is 6.20 Å². The molecule has 1 aromatic carbocycles. The highest BCUT2D eigenvalue weighted by Crippen LogP contribution is 2.25. The lowest BCUT2D eigenvalue weighted by atomic mass is 10.1. The Morgan fingerprint density at radius 2 is 2.00 bits per heavy atom. The molecule has 0 bridgehead atoms. The summed E-state index contributed by atoms with van der Waals surface area (Å²) < 4.78 is 0. The van der Waals surface area contributed by atoms with E-state index in [9.17, 15) is 5.11 Å². The molecule has 0 amide bonds. The number of rotatable bonds is 2. The summed E-state index contributed by atoms with van der Waals surface area (Å²) >= 11 is 0. The average Bonchev–Trinajstić information content (AvgIpc) is 2.82. The van der Waals surface area contributed by atoms with E-state index in [0.29, 0.717) is 0 Å². The van der Waals surface area contributed by atoms with Gasteiger partial charge in [-0.2, -0.15) is 0 Å². The Balaban J connectivity index is 2.20. The first-order chi connectivity index (χ1) is 8.38. The summed E-state index contributed by atoms with van der Waals surface area (Å²) in [5.74, 6) is 0. The Kier molecular flexibility index (Phi) is 2.38. The smallest absolute Gasteiger partial charge is 0.137 e. The van der Waals surface area contributed by atoms with E-state index in [1.165, 1.54) is 0 Å². The SMILES string of the molecule is OCc1ccccc1-c1cc2cccnc2[nH]1. The minimum atomic E-state index is 0.0406. The molecule has 2 heterocycles. The van der Waals surface area contributed by atoms with E-state index in [4.69, 9.17) is 0 Å². The van der Waals surface area contributed by atoms with Gasteiger partial charge in [0.25, 0.3) is 0 Å². The van der Waals surface area contributed by atoms with Gasteiger partial charge in [-0.1, -0.05) is 24.3 Å². The van der Waals surface area contributed by atoms with Crippen molar-refractivity contribution in [2.75, 3.05) is 0 Å². The van der Waals surface area contributed by atoms with Crippen LogP contribution in [-0.4, -0.2) is 15.1 Å². The Labute approximate surface area is 98.8 Å². The number of benzene rings is 1. The molecule has 3 nitrogen and oxygen atoms in total.